The number of hydrogen-bond acceptors (Lipinski definition) is 5. The Balaban J connectivity index is 2.65. The third-order valence-corrected chi connectivity index (χ3v) is 3.24. The number of thiophene rings is 1. The molecule has 0 saturated carbocycles. The molecule has 0 aliphatic rings. The van der Waals surface area contributed by atoms with Gasteiger partial charge in [0.05, 0.1) is 13.5 Å². The molecular weight excluding hydrogens is 226 g/mol. The van der Waals surface area contributed by atoms with Crippen LogP contribution in [0.15, 0.2) is 17.5 Å². The van der Waals surface area contributed by atoms with Crippen LogP contribution in [0.4, 0.5) is 0 Å². The van der Waals surface area contributed by atoms with E-state index in [4.69, 9.17) is 0 Å². The van der Waals surface area contributed by atoms with Crippen molar-refractivity contribution in [2.75, 3.05) is 13.7 Å². The molecule has 0 aliphatic carbocycles. The van der Waals surface area contributed by atoms with Crippen LogP contribution in [-0.4, -0.2) is 30.8 Å². The maximum Gasteiger partial charge on any atom is 0.307 e. The Kier molecular flexibility index (Phi) is 5.45. The Labute approximate surface area is 99.2 Å². The standard InChI is InChI=1S/C11H17NO3S/c1-3-12-8(7-10(13)15-2)11(14)9-5-4-6-16-9/h4-6,8,11-12,14H,3,7H2,1-2H3. The molecule has 0 radical (unpaired) electrons. The summed E-state index contributed by atoms with van der Waals surface area (Å²) in [4.78, 5) is 12.1. The zero-order valence-corrected chi connectivity index (χ0v) is 10.3. The lowest BCUT2D eigenvalue weighted by molar-refractivity contribution is -0.142. The van der Waals surface area contributed by atoms with E-state index < -0.39 is 6.10 Å². The van der Waals surface area contributed by atoms with E-state index in [-0.39, 0.29) is 18.4 Å². The number of aliphatic hydroxyl groups is 1. The lowest BCUT2D eigenvalue weighted by Crippen LogP contribution is -2.36. The van der Waals surface area contributed by atoms with Crippen LogP contribution in [0.2, 0.25) is 0 Å². The first-order chi connectivity index (χ1) is 7.69. The molecule has 2 N–H and O–H groups in total. The zero-order valence-electron chi connectivity index (χ0n) is 9.47. The quantitative estimate of drug-likeness (QED) is 0.740. The molecule has 1 aromatic heterocycles. The van der Waals surface area contributed by atoms with E-state index in [0.717, 1.165) is 4.88 Å². The van der Waals surface area contributed by atoms with Crippen molar-refractivity contribution in [1.82, 2.24) is 5.32 Å². The summed E-state index contributed by atoms with van der Waals surface area (Å²) in [5, 5.41) is 15.1. The maximum absolute atomic E-state index is 11.2. The molecule has 5 heteroatoms. The van der Waals surface area contributed by atoms with E-state index in [1.165, 1.54) is 18.4 Å². The van der Waals surface area contributed by atoms with Gasteiger partial charge >= 0.3 is 5.97 Å². The van der Waals surface area contributed by atoms with Gasteiger partial charge in [0.25, 0.3) is 0 Å². The normalized spacial score (nSPS) is 14.4. The highest BCUT2D eigenvalue weighted by Crippen LogP contribution is 2.23. The number of carbonyl (C=O) groups excluding carboxylic acids is 1. The molecule has 0 spiro atoms. The van der Waals surface area contributed by atoms with E-state index in [1.54, 1.807) is 0 Å². The average Bonchev–Trinajstić information content (AvgIpc) is 2.80. The third kappa shape index (κ3) is 3.59. The molecule has 0 fully saturated rings. The van der Waals surface area contributed by atoms with Crippen molar-refractivity contribution in [1.29, 1.82) is 0 Å². The minimum atomic E-state index is -0.668. The molecule has 0 amide bonds. The lowest BCUT2D eigenvalue weighted by atomic mass is 10.1. The van der Waals surface area contributed by atoms with Crippen LogP contribution < -0.4 is 5.32 Å². The molecule has 2 unspecified atom stereocenters. The van der Waals surface area contributed by atoms with Crippen LogP contribution in [0, 0.1) is 0 Å². The summed E-state index contributed by atoms with van der Waals surface area (Å²) >= 11 is 1.48. The summed E-state index contributed by atoms with van der Waals surface area (Å²) in [7, 11) is 1.35. The van der Waals surface area contributed by atoms with Crippen molar-refractivity contribution in [2.45, 2.75) is 25.5 Å². The minimum Gasteiger partial charge on any atom is -0.469 e. The third-order valence-electron chi connectivity index (χ3n) is 2.30. The SMILES string of the molecule is CCNC(CC(=O)OC)C(O)c1cccs1. The van der Waals surface area contributed by atoms with Crippen molar-refractivity contribution in [2.24, 2.45) is 0 Å². The Morgan fingerprint density at radius 3 is 2.94 bits per heavy atom. The highest BCUT2D eigenvalue weighted by molar-refractivity contribution is 7.10. The second-order valence-electron chi connectivity index (χ2n) is 3.40. The van der Waals surface area contributed by atoms with Crippen LogP contribution in [0.5, 0.6) is 0 Å². The summed E-state index contributed by atoms with van der Waals surface area (Å²) in [6, 6.07) is 3.44. The predicted octanol–water partition coefficient (Wildman–Crippen LogP) is 1.32. The Morgan fingerprint density at radius 2 is 2.44 bits per heavy atom. The number of esters is 1. The fourth-order valence-corrected chi connectivity index (χ4v) is 2.25. The number of rotatable bonds is 6. The second-order valence-corrected chi connectivity index (χ2v) is 4.38. The molecule has 1 heterocycles. The average molecular weight is 243 g/mol. The molecule has 2 atom stereocenters. The number of hydrogen-bond donors (Lipinski definition) is 2. The largest absolute Gasteiger partial charge is 0.469 e. The van der Waals surface area contributed by atoms with E-state index in [9.17, 15) is 9.90 Å². The van der Waals surface area contributed by atoms with Crippen LogP contribution in [0.3, 0.4) is 0 Å². The van der Waals surface area contributed by atoms with Gasteiger partial charge in [-0.25, -0.2) is 0 Å². The van der Waals surface area contributed by atoms with Gasteiger partial charge in [-0.1, -0.05) is 13.0 Å². The molecule has 0 aromatic carbocycles. The number of nitrogens with one attached hydrogen (secondary N) is 1. The van der Waals surface area contributed by atoms with Gasteiger partial charge in [-0.05, 0) is 18.0 Å². The highest BCUT2D eigenvalue weighted by Gasteiger charge is 2.23. The molecular formula is C11H17NO3S. The van der Waals surface area contributed by atoms with Gasteiger partial charge in [-0.3, -0.25) is 4.79 Å². The van der Waals surface area contributed by atoms with Gasteiger partial charge in [0.15, 0.2) is 0 Å². The first kappa shape index (κ1) is 13.2. The lowest BCUT2D eigenvalue weighted by Gasteiger charge is -2.21. The molecule has 4 nitrogen and oxygen atoms in total. The number of aliphatic hydroxyl groups excluding tert-OH is 1. The van der Waals surface area contributed by atoms with Crippen molar-refractivity contribution < 1.29 is 14.6 Å². The van der Waals surface area contributed by atoms with Gasteiger partial charge in [-0.2, -0.15) is 0 Å². The zero-order chi connectivity index (χ0) is 12.0. The summed E-state index contributed by atoms with van der Waals surface area (Å²) in [5.41, 5.74) is 0. The molecule has 1 rings (SSSR count). The monoisotopic (exact) mass is 243 g/mol. The molecule has 0 bridgehead atoms. The van der Waals surface area contributed by atoms with Crippen LogP contribution >= 0.6 is 11.3 Å². The second kappa shape index (κ2) is 6.62. The van der Waals surface area contributed by atoms with Gasteiger partial charge in [-0.15, -0.1) is 11.3 Å². The number of carbonyl (C=O) groups is 1. The molecule has 0 saturated heterocycles. The summed E-state index contributed by atoms with van der Waals surface area (Å²) in [6.45, 7) is 2.63. The fraction of sp³-hybridized carbons (Fsp3) is 0.545. The Hall–Kier alpha value is -0.910. The van der Waals surface area contributed by atoms with Crippen LogP contribution in [0.25, 0.3) is 0 Å². The molecule has 90 valence electrons. The molecule has 0 aliphatic heterocycles. The van der Waals surface area contributed by atoms with E-state index in [1.807, 2.05) is 24.4 Å². The molecule has 16 heavy (non-hydrogen) atoms. The maximum atomic E-state index is 11.2. The predicted molar refractivity (Wildman–Crippen MR) is 63.4 cm³/mol. The van der Waals surface area contributed by atoms with Gasteiger partial charge < -0.3 is 15.2 Å². The van der Waals surface area contributed by atoms with E-state index in [2.05, 4.69) is 10.1 Å². The first-order valence-electron chi connectivity index (χ1n) is 5.20. The number of likely N-dealkylation sites (N-methyl/N-ethyl adjacent to an activating group) is 1. The summed E-state index contributed by atoms with van der Waals surface area (Å²) in [6.07, 6.45) is -0.498. The highest BCUT2D eigenvalue weighted by atomic mass is 32.1. The van der Waals surface area contributed by atoms with E-state index >= 15 is 0 Å². The topological polar surface area (TPSA) is 58.6 Å². The Morgan fingerprint density at radius 1 is 1.69 bits per heavy atom. The number of ether oxygens (including phenoxy) is 1. The summed E-state index contributed by atoms with van der Waals surface area (Å²) < 4.78 is 4.61. The van der Waals surface area contributed by atoms with Crippen LogP contribution in [0.1, 0.15) is 24.3 Å². The van der Waals surface area contributed by atoms with Crippen LogP contribution in [-0.2, 0) is 9.53 Å². The van der Waals surface area contributed by atoms with Crippen molar-refractivity contribution in [3.63, 3.8) is 0 Å². The Bertz CT molecular complexity index is 313. The van der Waals surface area contributed by atoms with Gasteiger partial charge in [0.1, 0.15) is 6.10 Å². The van der Waals surface area contributed by atoms with Crippen molar-refractivity contribution in [3.05, 3.63) is 22.4 Å². The van der Waals surface area contributed by atoms with Crippen molar-refractivity contribution >= 4 is 17.3 Å². The van der Waals surface area contributed by atoms with Gasteiger partial charge in [0.2, 0.25) is 0 Å². The van der Waals surface area contributed by atoms with E-state index in [0.29, 0.717) is 6.54 Å². The van der Waals surface area contributed by atoms with Gasteiger partial charge in [0, 0.05) is 10.9 Å². The fourth-order valence-electron chi connectivity index (χ4n) is 1.48. The molecule has 1 aromatic rings. The smallest absolute Gasteiger partial charge is 0.307 e. The number of methoxy groups -OCH3 is 1. The first-order valence-corrected chi connectivity index (χ1v) is 6.08. The minimum absolute atomic E-state index is 0.170. The van der Waals surface area contributed by atoms with Crippen molar-refractivity contribution in [3.8, 4) is 0 Å². The summed E-state index contributed by atoms with van der Waals surface area (Å²) in [5.74, 6) is -0.318.